The number of amidine groups is 1. The molecule has 0 aromatic heterocycles. The van der Waals surface area contributed by atoms with E-state index in [2.05, 4.69) is 30.1 Å². The van der Waals surface area contributed by atoms with Crippen molar-refractivity contribution in [3.63, 3.8) is 0 Å². The monoisotopic (exact) mass is 315 g/mol. The van der Waals surface area contributed by atoms with Crippen molar-refractivity contribution in [2.45, 2.75) is 6.92 Å². The van der Waals surface area contributed by atoms with E-state index in [-0.39, 0.29) is 5.75 Å². The smallest absolute Gasteiger partial charge is 0.166 e. The minimum Gasteiger partial charge on any atom is -0.507 e. The predicted octanol–water partition coefficient (Wildman–Crippen LogP) is 4.10. The molecule has 0 radical (unpaired) electrons. The van der Waals surface area contributed by atoms with Crippen LogP contribution in [0.5, 0.6) is 5.75 Å². The van der Waals surface area contributed by atoms with E-state index in [0.29, 0.717) is 5.82 Å². The van der Waals surface area contributed by atoms with Gasteiger partial charge in [0.1, 0.15) is 11.6 Å². The fourth-order valence-corrected chi connectivity index (χ4v) is 3.08. The SMILES string of the molecule is C=C1NN=C(c2ccccc2C)N1c1cccc2c(O)cccc12. The first-order chi connectivity index (χ1) is 11.7. The Balaban J connectivity index is 1.92. The average molecular weight is 315 g/mol. The number of nitrogens with one attached hydrogen (secondary N) is 1. The summed E-state index contributed by atoms with van der Waals surface area (Å²) in [4.78, 5) is 1.99. The zero-order valence-electron chi connectivity index (χ0n) is 13.3. The van der Waals surface area contributed by atoms with Gasteiger partial charge in [-0.25, -0.2) is 0 Å². The third-order valence-corrected chi connectivity index (χ3v) is 4.28. The normalized spacial score (nSPS) is 14.0. The summed E-state index contributed by atoms with van der Waals surface area (Å²) in [5.74, 6) is 1.75. The van der Waals surface area contributed by atoms with Crippen LogP contribution in [0.1, 0.15) is 11.1 Å². The van der Waals surface area contributed by atoms with Crippen LogP contribution in [-0.4, -0.2) is 10.9 Å². The molecular formula is C20H17N3O. The molecule has 1 aliphatic rings. The molecule has 2 N–H and O–H groups in total. The summed E-state index contributed by atoms with van der Waals surface area (Å²) in [5, 5.41) is 16.4. The van der Waals surface area contributed by atoms with E-state index < -0.39 is 0 Å². The van der Waals surface area contributed by atoms with Gasteiger partial charge in [0.05, 0.1) is 5.69 Å². The maximum atomic E-state index is 10.1. The van der Waals surface area contributed by atoms with Gasteiger partial charge in [-0.3, -0.25) is 10.3 Å². The Morgan fingerprint density at radius 1 is 0.958 bits per heavy atom. The molecule has 4 rings (SSSR count). The molecule has 0 fully saturated rings. The van der Waals surface area contributed by atoms with Gasteiger partial charge in [-0.2, -0.15) is 5.10 Å². The topological polar surface area (TPSA) is 47.9 Å². The van der Waals surface area contributed by atoms with Crippen LogP contribution in [0.2, 0.25) is 0 Å². The second kappa shape index (κ2) is 5.42. The highest BCUT2D eigenvalue weighted by atomic mass is 16.3. The maximum absolute atomic E-state index is 10.1. The summed E-state index contributed by atoms with van der Waals surface area (Å²) in [6, 6.07) is 19.5. The Labute approximate surface area is 140 Å². The van der Waals surface area contributed by atoms with E-state index in [1.807, 2.05) is 53.4 Å². The lowest BCUT2D eigenvalue weighted by atomic mass is 10.0. The molecule has 0 unspecified atom stereocenters. The molecule has 0 aliphatic carbocycles. The number of hydrazone groups is 1. The standard InChI is InChI=1S/C20H17N3O/c1-13-7-3-4-8-15(13)20-22-21-14(2)23(20)18-11-5-10-17-16(18)9-6-12-19(17)24/h3-12,21,24H,2H2,1H3. The quantitative estimate of drug-likeness (QED) is 0.748. The van der Waals surface area contributed by atoms with Crippen molar-refractivity contribution in [3.8, 4) is 5.75 Å². The Hall–Kier alpha value is -3.27. The lowest BCUT2D eigenvalue weighted by Crippen LogP contribution is -2.28. The molecule has 0 saturated carbocycles. The van der Waals surface area contributed by atoms with Gasteiger partial charge in [-0.15, -0.1) is 0 Å². The third-order valence-electron chi connectivity index (χ3n) is 4.28. The number of fused-ring (bicyclic) bond motifs is 1. The molecule has 0 saturated heterocycles. The van der Waals surface area contributed by atoms with Gasteiger partial charge in [0.15, 0.2) is 5.84 Å². The average Bonchev–Trinajstić information content (AvgIpc) is 2.96. The number of aromatic hydroxyl groups is 1. The summed E-state index contributed by atoms with van der Waals surface area (Å²) in [6.45, 7) is 6.15. The highest BCUT2D eigenvalue weighted by Crippen LogP contribution is 2.35. The van der Waals surface area contributed by atoms with Crippen molar-refractivity contribution in [2.24, 2.45) is 5.10 Å². The van der Waals surface area contributed by atoms with Gasteiger partial charge >= 0.3 is 0 Å². The second-order valence-corrected chi connectivity index (χ2v) is 5.79. The number of phenolic OH excluding ortho intramolecular Hbond substituents is 1. The molecular weight excluding hydrogens is 298 g/mol. The summed E-state index contributed by atoms with van der Waals surface area (Å²) in [7, 11) is 0. The zero-order chi connectivity index (χ0) is 16.7. The number of nitrogens with zero attached hydrogens (tertiary/aromatic N) is 2. The molecule has 0 spiro atoms. The number of rotatable bonds is 2. The molecule has 0 bridgehead atoms. The molecule has 4 nitrogen and oxygen atoms in total. The first-order valence-corrected chi connectivity index (χ1v) is 7.76. The fourth-order valence-electron chi connectivity index (χ4n) is 3.08. The molecule has 1 heterocycles. The van der Waals surface area contributed by atoms with Gasteiger partial charge in [0.25, 0.3) is 0 Å². The van der Waals surface area contributed by atoms with Crippen LogP contribution in [0.25, 0.3) is 10.8 Å². The molecule has 0 atom stereocenters. The van der Waals surface area contributed by atoms with Crippen LogP contribution in [0, 0.1) is 6.92 Å². The number of hydrogen-bond donors (Lipinski definition) is 2. The number of hydrogen-bond acceptors (Lipinski definition) is 4. The van der Waals surface area contributed by atoms with E-state index in [1.165, 1.54) is 0 Å². The largest absolute Gasteiger partial charge is 0.507 e. The second-order valence-electron chi connectivity index (χ2n) is 5.79. The van der Waals surface area contributed by atoms with Crippen LogP contribution in [0.4, 0.5) is 5.69 Å². The van der Waals surface area contributed by atoms with E-state index in [4.69, 9.17) is 0 Å². The Morgan fingerprint density at radius 2 is 1.71 bits per heavy atom. The van der Waals surface area contributed by atoms with E-state index in [0.717, 1.165) is 33.4 Å². The fraction of sp³-hybridized carbons (Fsp3) is 0.0500. The van der Waals surface area contributed by atoms with Gasteiger partial charge < -0.3 is 5.11 Å². The zero-order valence-corrected chi connectivity index (χ0v) is 13.3. The maximum Gasteiger partial charge on any atom is 0.166 e. The highest BCUT2D eigenvalue weighted by molar-refractivity contribution is 6.17. The molecule has 3 aromatic carbocycles. The van der Waals surface area contributed by atoms with Crippen LogP contribution >= 0.6 is 0 Å². The van der Waals surface area contributed by atoms with Crippen molar-refractivity contribution >= 4 is 22.3 Å². The number of anilines is 1. The Bertz CT molecular complexity index is 991. The first kappa shape index (κ1) is 14.3. The first-order valence-electron chi connectivity index (χ1n) is 7.76. The predicted molar refractivity (Wildman–Crippen MR) is 98.1 cm³/mol. The number of benzene rings is 3. The molecule has 0 amide bonds. The summed E-state index contributed by atoms with van der Waals surface area (Å²) < 4.78 is 0. The number of aryl methyl sites for hydroxylation is 1. The Kier molecular flexibility index (Phi) is 3.24. The summed E-state index contributed by atoms with van der Waals surface area (Å²) in [6.07, 6.45) is 0. The number of phenols is 1. The van der Waals surface area contributed by atoms with Crippen molar-refractivity contribution in [3.05, 3.63) is 84.2 Å². The third kappa shape index (κ3) is 2.12. The highest BCUT2D eigenvalue weighted by Gasteiger charge is 2.26. The van der Waals surface area contributed by atoms with Crippen LogP contribution in [0.3, 0.4) is 0 Å². The molecule has 1 aliphatic heterocycles. The molecule has 24 heavy (non-hydrogen) atoms. The van der Waals surface area contributed by atoms with Crippen molar-refractivity contribution in [2.75, 3.05) is 4.90 Å². The van der Waals surface area contributed by atoms with E-state index >= 15 is 0 Å². The van der Waals surface area contributed by atoms with Crippen molar-refractivity contribution in [1.82, 2.24) is 5.43 Å². The molecule has 4 heteroatoms. The van der Waals surface area contributed by atoms with Gasteiger partial charge in [-0.05, 0) is 24.6 Å². The summed E-state index contributed by atoms with van der Waals surface area (Å²) >= 11 is 0. The van der Waals surface area contributed by atoms with Crippen LogP contribution in [-0.2, 0) is 0 Å². The molecule has 118 valence electrons. The lowest BCUT2D eigenvalue weighted by molar-refractivity contribution is 0.481. The van der Waals surface area contributed by atoms with E-state index in [9.17, 15) is 5.11 Å². The minimum atomic E-state index is 0.265. The van der Waals surface area contributed by atoms with Crippen molar-refractivity contribution in [1.29, 1.82) is 0 Å². The van der Waals surface area contributed by atoms with Crippen LogP contribution in [0.15, 0.2) is 78.2 Å². The minimum absolute atomic E-state index is 0.265. The van der Waals surface area contributed by atoms with Crippen molar-refractivity contribution < 1.29 is 5.11 Å². The van der Waals surface area contributed by atoms with Gasteiger partial charge in [-0.1, -0.05) is 55.1 Å². The Morgan fingerprint density at radius 3 is 2.54 bits per heavy atom. The lowest BCUT2D eigenvalue weighted by Gasteiger charge is -2.23. The summed E-state index contributed by atoms with van der Waals surface area (Å²) in [5.41, 5.74) is 6.09. The van der Waals surface area contributed by atoms with E-state index in [1.54, 1.807) is 6.07 Å². The van der Waals surface area contributed by atoms with Crippen LogP contribution < -0.4 is 10.3 Å². The van der Waals surface area contributed by atoms with Gasteiger partial charge in [0.2, 0.25) is 0 Å². The molecule has 3 aromatic rings. The van der Waals surface area contributed by atoms with Gasteiger partial charge in [0, 0.05) is 16.3 Å².